The molecule has 21 heavy (non-hydrogen) atoms. The second kappa shape index (κ2) is 6.87. The fourth-order valence-corrected chi connectivity index (χ4v) is 3.28. The van der Waals surface area contributed by atoms with Crippen LogP contribution in [0.1, 0.15) is 5.56 Å². The highest BCUT2D eigenvalue weighted by Crippen LogP contribution is 2.22. The number of carbonyl (C=O) groups excluding carboxylic acids is 1. The van der Waals surface area contributed by atoms with Crippen LogP contribution in [0, 0.1) is 6.92 Å². The molecule has 1 unspecified atom stereocenters. The van der Waals surface area contributed by atoms with Crippen molar-refractivity contribution in [2.75, 3.05) is 16.8 Å². The lowest BCUT2D eigenvalue weighted by atomic mass is 10.2. The maximum Gasteiger partial charge on any atom is 0.237 e. The normalized spacial score (nSPS) is 11.9. The molecular weight excluding hydrogens is 352 g/mol. The predicted octanol–water partition coefficient (Wildman–Crippen LogP) is 3.09. The van der Waals surface area contributed by atoms with Gasteiger partial charge in [0.1, 0.15) is 5.75 Å². The molecule has 0 heterocycles. The van der Waals surface area contributed by atoms with Gasteiger partial charge in [-0.2, -0.15) is 0 Å². The van der Waals surface area contributed by atoms with Gasteiger partial charge in [0, 0.05) is 10.2 Å². The molecule has 6 heteroatoms. The number of carbonyl (C=O) groups is 1. The maximum atomic E-state index is 12.3. The molecule has 110 valence electrons. The van der Waals surface area contributed by atoms with E-state index >= 15 is 0 Å². The molecule has 0 radical (unpaired) electrons. The van der Waals surface area contributed by atoms with Gasteiger partial charge in [0.05, 0.1) is 21.4 Å². The maximum absolute atomic E-state index is 12.3. The first-order valence-corrected chi connectivity index (χ1v) is 8.37. The summed E-state index contributed by atoms with van der Waals surface area (Å²) in [6.07, 6.45) is 0. The van der Waals surface area contributed by atoms with E-state index in [1.54, 1.807) is 18.2 Å². The van der Waals surface area contributed by atoms with Crippen molar-refractivity contribution >= 4 is 44.0 Å². The molecular formula is C15H15BrN2O2S. The number of aryl methyl sites for hydroxylation is 1. The highest BCUT2D eigenvalue weighted by Gasteiger charge is 2.14. The summed E-state index contributed by atoms with van der Waals surface area (Å²) in [5, 5.41) is 2.73. The molecule has 1 atom stereocenters. The van der Waals surface area contributed by atoms with E-state index in [1.165, 1.54) is 0 Å². The molecule has 0 aromatic heterocycles. The summed E-state index contributed by atoms with van der Waals surface area (Å²) in [4.78, 5) is 12.5. The van der Waals surface area contributed by atoms with Gasteiger partial charge in [-0.05, 0) is 52.7 Å². The Kier molecular flexibility index (Phi) is 5.14. The number of halogens is 1. The third-order valence-corrected chi connectivity index (χ3v) is 4.88. The van der Waals surface area contributed by atoms with Gasteiger partial charge in [0.15, 0.2) is 0 Å². The minimum absolute atomic E-state index is 0.130. The quantitative estimate of drug-likeness (QED) is 0.816. The van der Waals surface area contributed by atoms with Crippen LogP contribution in [0.3, 0.4) is 0 Å². The topological polar surface area (TPSA) is 72.2 Å². The Morgan fingerprint density at radius 1 is 1.29 bits per heavy atom. The van der Waals surface area contributed by atoms with Gasteiger partial charge >= 0.3 is 0 Å². The molecule has 0 aliphatic carbocycles. The molecule has 0 saturated carbocycles. The summed E-state index contributed by atoms with van der Waals surface area (Å²) in [6, 6.07) is 12.6. The van der Waals surface area contributed by atoms with Crippen molar-refractivity contribution in [1.29, 1.82) is 0 Å². The first kappa shape index (κ1) is 15.7. The summed E-state index contributed by atoms with van der Waals surface area (Å²) in [5.41, 5.74) is 7.86. The lowest BCUT2D eigenvalue weighted by Crippen LogP contribution is -2.20. The van der Waals surface area contributed by atoms with Gasteiger partial charge < -0.3 is 11.1 Å². The average Bonchev–Trinajstić information content (AvgIpc) is 2.44. The summed E-state index contributed by atoms with van der Waals surface area (Å²) >= 11 is 3.35. The van der Waals surface area contributed by atoms with Crippen molar-refractivity contribution in [2.24, 2.45) is 0 Å². The predicted molar refractivity (Wildman–Crippen MR) is 89.6 cm³/mol. The van der Waals surface area contributed by atoms with Crippen LogP contribution in [0.25, 0.3) is 0 Å². The van der Waals surface area contributed by atoms with Gasteiger partial charge in [-0.1, -0.05) is 18.2 Å². The number of hydrogen-bond donors (Lipinski definition) is 2. The Morgan fingerprint density at radius 3 is 2.71 bits per heavy atom. The molecule has 0 aliphatic heterocycles. The van der Waals surface area contributed by atoms with Crippen molar-refractivity contribution in [3.63, 3.8) is 0 Å². The fraction of sp³-hybridized carbons (Fsp3) is 0.133. The molecule has 2 rings (SSSR count). The van der Waals surface area contributed by atoms with Gasteiger partial charge in [0.25, 0.3) is 0 Å². The van der Waals surface area contributed by atoms with E-state index in [0.717, 1.165) is 10.0 Å². The van der Waals surface area contributed by atoms with Crippen LogP contribution in [-0.2, 0) is 15.6 Å². The molecule has 0 fully saturated rings. The number of nitrogens with one attached hydrogen (secondary N) is 1. The average molecular weight is 367 g/mol. The summed E-state index contributed by atoms with van der Waals surface area (Å²) in [5.74, 6) is -0.448. The zero-order chi connectivity index (χ0) is 15.4. The SMILES string of the molecule is Cc1ccc(N)c(S(=O)CC(=O)Nc2ccccc2Br)c1. The highest BCUT2D eigenvalue weighted by molar-refractivity contribution is 9.10. The molecule has 3 N–H and O–H groups in total. The number of amides is 1. The van der Waals surface area contributed by atoms with Gasteiger partial charge in [-0.3, -0.25) is 9.00 Å². The number of para-hydroxylation sites is 1. The van der Waals surface area contributed by atoms with E-state index in [0.29, 0.717) is 16.3 Å². The largest absolute Gasteiger partial charge is 0.398 e. The molecule has 2 aromatic rings. The molecule has 4 nitrogen and oxygen atoms in total. The summed E-state index contributed by atoms with van der Waals surface area (Å²) in [6.45, 7) is 1.89. The van der Waals surface area contributed by atoms with Crippen LogP contribution in [0.2, 0.25) is 0 Å². The van der Waals surface area contributed by atoms with Gasteiger partial charge in [0.2, 0.25) is 5.91 Å². The van der Waals surface area contributed by atoms with Crippen LogP contribution in [0.4, 0.5) is 11.4 Å². The number of anilines is 2. The fourth-order valence-electron chi connectivity index (χ4n) is 1.78. The Balaban J connectivity index is 2.08. The van der Waals surface area contributed by atoms with Crippen LogP contribution in [-0.4, -0.2) is 15.9 Å². The second-order valence-corrected chi connectivity index (χ2v) is 6.83. The molecule has 0 spiro atoms. The Bertz CT molecular complexity index is 704. The van der Waals surface area contributed by atoms with E-state index in [1.807, 2.05) is 31.2 Å². The third kappa shape index (κ3) is 4.15. The first-order chi connectivity index (χ1) is 9.97. The van der Waals surface area contributed by atoms with Crippen molar-refractivity contribution in [1.82, 2.24) is 0 Å². The highest BCUT2D eigenvalue weighted by atomic mass is 79.9. The summed E-state index contributed by atoms with van der Waals surface area (Å²) < 4.78 is 13.0. The van der Waals surface area contributed by atoms with Crippen molar-refractivity contribution < 1.29 is 9.00 Å². The Hall–Kier alpha value is -1.66. The van der Waals surface area contributed by atoms with Gasteiger partial charge in [-0.15, -0.1) is 0 Å². The van der Waals surface area contributed by atoms with E-state index in [-0.39, 0.29) is 11.7 Å². The number of rotatable bonds is 4. The first-order valence-electron chi connectivity index (χ1n) is 6.26. The minimum Gasteiger partial charge on any atom is -0.398 e. The van der Waals surface area contributed by atoms with Crippen molar-refractivity contribution in [2.45, 2.75) is 11.8 Å². The monoisotopic (exact) mass is 366 g/mol. The van der Waals surface area contributed by atoms with Crippen LogP contribution in [0.15, 0.2) is 51.8 Å². The van der Waals surface area contributed by atoms with E-state index < -0.39 is 10.8 Å². The van der Waals surface area contributed by atoms with Crippen LogP contribution >= 0.6 is 15.9 Å². The van der Waals surface area contributed by atoms with Gasteiger partial charge in [-0.25, -0.2) is 0 Å². The van der Waals surface area contributed by atoms with Crippen molar-refractivity contribution in [3.05, 3.63) is 52.5 Å². The number of nitrogen functional groups attached to an aromatic ring is 1. The van der Waals surface area contributed by atoms with E-state index in [9.17, 15) is 9.00 Å². The minimum atomic E-state index is -1.47. The smallest absolute Gasteiger partial charge is 0.237 e. The van der Waals surface area contributed by atoms with Crippen LogP contribution < -0.4 is 11.1 Å². The molecule has 1 amide bonds. The van der Waals surface area contributed by atoms with Crippen LogP contribution in [0.5, 0.6) is 0 Å². The zero-order valence-corrected chi connectivity index (χ0v) is 13.8. The lowest BCUT2D eigenvalue weighted by molar-refractivity contribution is -0.113. The zero-order valence-electron chi connectivity index (χ0n) is 11.4. The lowest BCUT2D eigenvalue weighted by Gasteiger charge is -2.09. The second-order valence-electron chi connectivity index (χ2n) is 4.56. The molecule has 0 saturated heterocycles. The molecule has 0 bridgehead atoms. The Labute approximate surface area is 134 Å². The molecule has 0 aliphatic rings. The van der Waals surface area contributed by atoms with E-state index in [2.05, 4.69) is 21.2 Å². The number of benzene rings is 2. The third-order valence-electron chi connectivity index (χ3n) is 2.82. The standard InChI is InChI=1S/C15H15BrN2O2S/c1-10-6-7-12(17)14(8-10)21(20)9-15(19)18-13-5-3-2-4-11(13)16/h2-8H,9,17H2,1H3,(H,18,19). The summed E-state index contributed by atoms with van der Waals surface area (Å²) in [7, 11) is -1.47. The number of hydrogen-bond acceptors (Lipinski definition) is 3. The molecule has 2 aromatic carbocycles. The van der Waals surface area contributed by atoms with E-state index in [4.69, 9.17) is 5.73 Å². The van der Waals surface area contributed by atoms with Crippen molar-refractivity contribution in [3.8, 4) is 0 Å². The number of nitrogens with two attached hydrogens (primary N) is 1. The Morgan fingerprint density at radius 2 is 2.00 bits per heavy atom.